The summed E-state index contributed by atoms with van der Waals surface area (Å²) < 4.78 is 2.28. The number of piperazine rings is 1. The van der Waals surface area contributed by atoms with Crippen LogP contribution in [0.15, 0.2) is 60.8 Å². The van der Waals surface area contributed by atoms with Crippen LogP contribution in [0.3, 0.4) is 0 Å². The molecule has 2 aromatic carbocycles. The Morgan fingerprint density at radius 3 is 2.21 bits per heavy atom. The number of anilines is 5. The van der Waals surface area contributed by atoms with Gasteiger partial charge in [-0.3, -0.25) is 9.47 Å². The molecule has 196 valence electrons. The summed E-state index contributed by atoms with van der Waals surface area (Å²) in [6.07, 6.45) is 6.61. The number of benzene rings is 2. The molecule has 9 heteroatoms. The molecule has 0 bridgehead atoms. The zero-order valence-corrected chi connectivity index (χ0v) is 21.7. The van der Waals surface area contributed by atoms with E-state index in [2.05, 4.69) is 71.7 Å². The van der Waals surface area contributed by atoms with E-state index < -0.39 is 0 Å². The Labute approximate surface area is 223 Å². The lowest BCUT2D eigenvalue weighted by molar-refractivity contribution is 0.138. The molecule has 9 nitrogen and oxygen atoms in total. The molecule has 1 aliphatic carbocycles. The van der Waals surface area contributed by atoms with Gasteiger partial charge in [0.1, 0.15) is 5.52 Å². The molecule has 2 saturated heterocycles. The van der Waals surface area contributed by atoms with Gasteiger partial charge in [0.25, 0.3) is 0 Å². The summed E-state index contributed by atoms with van der Waals surface area (Å²) in [6, 6.07) is 20.0. The topological polar surface area (TPSA) is 86.2 Å². The van der Waals surface area contributed by atoms with E-state index in [1.54, 1.807) is 0 Å². The summed E-state index contributed by atoms with van der Waals surface area (Å²) in [7, 11) is 0. The van der Waals surface area contributed by atoms with Crippen LogP contribution in [0.2, 0.25) is 0 Å². The molecule has 4 heterocycles. The lowest BCUT2D eigenvalue weighted by Crippen LogP contribution is -2.61. The molecule has 0 spiro atoms. The fourth-order valence-electron chi connectivity index (χ4n) is 5.96. The summed E-state index contributed by atoms with van der Waals surface area (Å²) in [6.45, 7) is 6.70. The maximum Gasteiger partial charge on any atom is 0.229 e. The summed E-state index contributed by atoms with van der Waals surface area (Å²) in [4.78, 5) is 19.5. The van der Waals surface area contributed by atoms with Gasteiger partial charge in [-0.15, -0.1) is 0 Å². The van der Waals surface area contributed by atoms with Crippen molar-refractivity contribution >= 4 is 40.1 Å². The Morgan fingerprint density at radius 2 is 1.50 bits per heavy atom. The first kappa shape index (κ1) is 23.4. The van der Waals surface area contributed by atoms with E-state index in [0.717, 1.165) is 86.6 Å². The van der Waals surface area contributed by atoms with Crippen LogP contribution in [0.25, 0.3) is 11.2 Å². The molecule has 0 unspecified atom stereocenters. The van der Waals surface area contributed by atoms with Crippen LogP contribution >= 0.6 is 0 Å². The molecular weight excluding hydrogens is 474 g/mol. The van der Waals surface area contributed by atoms with E-state index in [4.69, 9.17) is 9.97 Å². The van der Waals surface area contributed by atoms with Gasteiger partial charge in [0.05, 0.1) is 6.20 Å². The van der Waals surface area contributed by atoms with E-state index >= 15 is 0 Å². The van der Waals surface area contributed by atoms with Crippen LogP contribution in [-0.4, -0.2) is 69.7 Å². The molecule has 3 fully saturated rings. The number of hydrogen-bond acceptors (Lipinski definition) is 8. The summed E-state index contributed by atoms with van der Waals surface area (Å²) in [5.74, 6) is 1.43. The maximum atomic E-state index is 4.95. The number of rotatable bonds is 7. The van der Waals surface area contributed by atoms with Crippen LogP contribution < -0.4 is 20.9 Å². The molecule has 0 amide bonds. The van der Waals surface area contributed by atoms with Gasteiger partial charge in [0.2, 0.25) is 11.9 Å². The lowest BCUT2D eigenvalue weighted by Gasteiger charge is -2.43. The third-order valence-electron chi connectivity index (χ3n) is 8.23. The predicted octanol–water partition coefficient (Wildman–Crippen LogP) is 4.52. The monoisotopic (exact) mass is 509 g/mol. The minimum absolute atomic E-state index is 0.397. The smallest absolute Gasteiger partial charge is 0.229 e. The number of para-hydroxylation sites is 1. The average molecular weight is 510 g/mol. The normalized spacial score (nSPS) is 19.1. The Hall–Kier alpha value is -3.69. The molecule has 2 aliphatic heterocycles. The van der Waals surface area contributed by atoms with Crippen LogP contribution in [0, 0.1) is 0 Å². The van der Waals surface area contributed by atoms with Crippen LogP contribution in [0.5, 0.6) is 0 Å². The molecular formula is C29H35N9. The van der Waals surface area contributed by atoms with Crippen molar-refractivity contribution in [1.29, 1.82) is 0 Å². The first-order valence-electron chi connectivity index (χ1n) is 13.9. The zero-order valence-electron chi connectivity index (χ0n) is 21.7. The molecule has 3 N–H and O–H groups in total. The highest BCUT2D eigenvalue weighted by atomic mass is 15.3. The third kappa shape index (κ3) is 4.68. The molecule has 7 rings (SSSR count). The Balaban J connectivity index is 1.09. The molecule has 0 atom stereocenters. The first-order valence-corrected chi connectivity index (χ1v) is 13.9. The second-order valence-electron chi connectivity index (χ2n) is 10.6. The highest BCUT2D eigenvalue weighted by Gasteiger charge is 2.28. The number of fused-ring (bicyclic) bond motifs is 1. The van der Waals surface area contributed by atoms with Crippen LogP contribution in [0.4, 0.5) is 29.0 Å². The second-order valence-corrected chi connectivity index (χ2v) is 10.6. The molecule has 3 aliphatic rings. The van der Waals surface area contributed by atoms with E-state index in [0.29, 0.717) is 12.0 Å². The van der Waals surface area contributed by atoms with Crippen molar-refractivity contribution in [3.63, 3.8) is 0 Å². The summed E-state index contributed by atoms with van der Waals surface area (Å²) >= 11 is 0. The first-order chi connectivity index (χ1) is 18.8. The average Bonchev–Trinajstić information content (AvgIpc) is 3.57. The largest absolute Gasteiger partial charge is 0.369 e. The van der Waals surface area contributed by atoms with E-state index in [-0.39, 0.29) is 0 Å². The number of hydrogen-bond donors (Lipinski definition) is 3. The van der Waals surface area contributed by atoms with Gasteiger partial charge in [-0.1, -0.05) is 31.0 Å². The Bertz CT molecular complexity index is 1370. The molecule has 38 heavy (non-hydrogen) atoms. The molecule has 1 saturated carbocycles. The highest BCUT2D eigenvalue weighted by molar-refractivity contribution is 5.77. The van der Waals surface area contributed by atoms with Crippen molar-refractivity contribution in [2.24, 2.45) is 0 Å². The summed E-state index contributed by atoms with van der Waals surface area (Å²) in [5.41, 5.74) is 4.98. The Kier molecular flexibility index (Phi) is 6.31. The highest BCUT2D eigenvalue weighted by Crippen LogP contribution is 2.36. The lowest BCUT2D eigenvalue weighted by atomic mass is 10.1. The zero-order chi connectivity index (χ0) is 25.3. The minimum Gasteiger partial charge on any atom is -0.369 e. The number of nitrogens with one attached hydrogen (secondary N) is 3. The minimum atomic E-state index is 0.397. The number of aromatic nitrogens is 4. The van der Waals surface area contributed by atoms with Gasteiger partial charge in [-0.2, -0.15) is 4.98 Å². The molecule has 4 aromatic rings. The fourth-order valence-corrected chi connectivity index (χ4v) is 5.96. The van der Waals surface area contributed by atoms with Crippen molar-refractivity contribution in [3.05, 3.63) is 60.8 Å². The SMILES string of the molecule is c1ccc(Nc2nc3cnc(Nc4ccc(N5CCN(C6CNC6)CC5)cc4)nc3n2C2CCCC2)cc1. The van der Waals surface area contributed by atoms with Crippen LogP contribution in [0.1, 0.15) is 31.7 Å². The summed E-state index contributed by atoms with van der Waals surface area (Å²) in [5, 5.41) is 10.3. The maximum absolute atomic E-state index is 4.95. The van der Waals surface area contributed by atoms with Gasteiger partial charge in [-0.25, -0.2) is 9.97 Å². The predicted molar refractivity (Wildman–Crippen MR) is 153 cm³/mol. The van der Waals surface area contributed by atoms with E-state index in [9.17, 15) is 0 Å². The third-order valence-corrected chi connectivity index (χ3v) is 8.23. The van der Waals surface area contributed by atoms with E-state index in [1.165, 1.54) is 18.5 Å². The van der Waals surface area contributed by atoms with Gasteiger partial charge in [0.15, 0.2) is 5.65 Å². The molecule has 2 aromatic heterocycles. The number of imidazole rings is 1. The Morgan fingerprint density at radius 1 is 0.763 bits per heavy atom. The second kappa shape index (κ2) is 10.2. The van der Waals surface area contributed by atoms with E-state index in [1.807, 2.05) is 24.4 Å². The van der Waals surface area contributed by atoms with Crippen molar-refractivity contribution in [2.45, 2.75) is 37.8 Å². The van der Waals surface area contributed by atoms with Gasteiger partial charge in [-0.05, 0) is 49.2 Å². The quantitative estimate of drug-likeness (QED) is 0.335. The van der Waals surface area contributed by atoms with Crippen molar-refractivity contribution in [3.8, 4) is 0 Å². The van der Waals surface area contributed by atoms with Crippen molar-refractivity contribution in [2.75, 3.05) is 54.8 Å². The van der Waals surface area contributed by atoms with Crippen molar-refractivity contribution in [1.82, 2.24) is 29.7 Å². The number of nitrogens with zero attached hydrogens (tertiary/aromatic N) is 6. The van der Waals surface area contributed by atoms with Crippen molar-refractivity contribution < 1.29 is 0 Å². The van der Waals surface area contributed by atoms with Gasteiger partial charge < -0.3 is 20.9 Å². The molecule has 0 radical (unpaired) electrons. The standard InChI is InChI=1S/C29H35N9/c1-2-6-21(7-3-1)33-29-34-26-20-31-28(35-27(26)38(29)24-8-4-5-9-24)32-22-10-12-23(13-11-22)36-14-16-37(17-15-36)25-18-30-19-25/h1-3,6-7,10-13,20,24-25,30H,4-5,8-9,14-19H2,(H,33,34)(H,31,32,35). The van der Waals surface area contributed by atoms with Gasteiger partial charge >= 0.3 is 0 Å². The fraction of sp³-hybridized carbons (Fsp3) is 0.414. The van der Waals surface area contributed by atoms with Crippen LogP contribution in [-0.2, 0) is 0 Å². The van der Waals surface area contributed by atoms with Gasteiger partial charge in [0, 0.05) is 68.4 Å².